The van der Waals surface area contributed by atoms with Gasteiger partial charge in [0.25, 0.3) is 10.0 Å². The van der Waals surface area contributed by atoms with E-state index < -0.39 is 34.6 Å². The third kappa shape index (κ3) is 5.97. The maximum absolute atomic E-state index is 13.2. The van der Waals surface area contributed by atoms with Gasteiger partial charge < -0.3 is 10.1 Å². The lowest BCUT2D eigenvalue weighted by Gasteiger charge is -2.24. The Balaban J connectivity index is 1.82. The van der Waals surface area contributed by atoms with Crippen LogP contribution in [0.4, 0.5) is 24.5 Å². The lowest BCUT2D eigenvalue weighted by Crippen LogP contribution is -2.38. The Hall–Kier alpha value is -3.60. The summed E-state index contributed by atoms with van der Waals surface area (Å²) in [6, 6.07) is 13.9. The number of halogens is 3. The van der Waals surface area contributed by atoms with E-state index in [0.717, 1.165) is 22.0 Å². The average Bonchev–Trinajstić information content (AvgIpc) is 2.74. The van der Waals surface area contributed by atoms with Crippen LogP contribution in [-0.4, -0.2) is 32.2 Å². The van der Waals surface area contributed by atoms with Gasteiger partial charge in [0.2, 0.25) is 5.91 Å². The highest BCUT2D eigenvalue weighted by atomic mass is 32.2. The minimum Gasteiger partial charge on any atom is -0.406 e. The average molecular weight is 465 g/mol. The van der Waals surface area contributed by atoms with E-state index in [1.807, 2.05) is 6.92 Å². The van der Waals surface area contributed by atoms with Gasteiger partial charge in [-0.05, 0) is 55.5 Å². The van der Waals surface area contributed by atoms with E-state index in [9.17, 15) is 26.4 Å². The molecule has 0 spiro atoms. The number of amides is 1. The Morgan fingerprint density at radius 3 is 2.28 bits per heavy atom. The number of aromatic nitrogens is 1. The van der Waals surface area contributed by atoms with E-state index in [0.29, 0.717) is 0 Å². The predicted octanol–water partition coefficient (Wildman–Crippen LogP) is 4.12. The molecule has 0 saturated heterocycles. The normalized spacial score (nSPS) is 11.6. The Labute approximate surface area is 182 Å². The number of hydrogen-bond acceptors (Lipinski definition) is 5. The Morgan fingerprint density at radius 1 is 1.06 bits per heavy atom. The summed E-state index contributed by atoms with van der Waals surface area (Å²) in [5, 5.41) is 2.47. The maximum atomic E-state index is 13.2. The van der Waals surface area contributed by atoms with Gasteiger partial charge in [-0.25, -0.2) is 8.42 Å². The van der Waals surface area contributed by atoms with Gasteiger partial charge in [-0.2, -0.15) is 0 Å². The SMILES string of the molecule is Cc1ccc(N(CC(=O)Nc2ccc(OC(F)(F)F)cc2)S(=O)(=O)c2cccnc2)cc1. The van der Waals surface area contributed by atoms with Crippen LogP contribution in [0.25, 0.3) is 0 Å². The van der Waals surface area contributed by atoms with Crippen molar-refractivity contribution < 1.29 is 31.1 Å². The van der Waals surface area contributed by atoms with Crippen molar-refractivity contribution in [2.75, 3.05) is 16.2 Å². The zero-order valence-electron chi connectivity index (χ0n) is 16.7. The molecule has 168 valence electrons. The van der Waals surface area contributed by atoms with Gasteiger partial charge >= 0.3 is 6.36 Å². The largest absolute Gasteiger partial charge is 0.573 e. The van der Waals surface area contributed by atoms with Crippen molar-refractivity contribution in [2.45, 2.75) is 18.2 Å². The van der Waals surface area contributed by atoms with Crippen molar-refractivity contribution in [3.63, 3.8) is 0 Å². The van der Waals surface area contributed by atoms with E-state index in [4.69, 9.17) is 0 Å². The van der Waals surface area contributed by atoms with Crippen LogP contribution in [0.15, 0.2) is 78.0 Å². The fourth-order valence-corrected chi connectivity index (χ4v) is 4.11. The topological polar surface area (TPSA) is 88.6 Å². The van der Waals surface area contributed by atoms with Crippen LogP contribution < -0.4 is 14.4 Å². The molecule has 1 heterocycles. The van der Waals surface area contributed by atoms with Crippen LogP contribution in [-0.2, 0) is 14.8 Å². The molecule has 1 N–H and O–H groups in total. The lowest BCUT2D eigenvalue weighted by molar-refractivity contribution is -0.274. The van der Waals surface area contributed by atoms with E-state index in [-0.39, 0.29) is 16.3 Å². The van der Waals surface area contributed by atoms with Crippen molar-refractivity contribution >= 4 is 27.3 Å². The lowest BCUT2D eigenvalue weighted by atomic mass is 10.2. The number of anilines is 2. The first kappa shape index (κ1) is 23.1. The number of benzene rings is 2. The first-order valence-corrected chi connectivity index (χ1v) is 10.6. The van der Waals surface area contributed by atoms with Gasteiger partial charge in [0.15, 0.2) is 0 Å². The Morgan fingerprint density at radius 2 is 1.72 bits per heavy atom. The van der Waals surface area contributed by atoms with Gasteiger partial charge in [-0.15, -0.1) is 13.2 Å². The number of nitrogens with one attached hydrogen (secondary N) is 1. The minimum atomic E-state index is -4.83. The van der Waals surface area contributed by atoms with Crippen molar-refractivity contribution in [1.29, 1.82) is 0 Å². The highest BCUT2D eigenvalue weighted by Gasteiger charge is 2.31. The van der Waals surface area contributed by atoms with Crippen LogP contribution in [0.1, 0.15) is 5.56 Å². The quantitative estimate of drug-likeness (QED) is 0.567. The molecule has 0 radical (unpaired) electrons. The highest BCUT2D eigenvalue weighted by molar-refractivity contribution is 7.92. The Kier molecular flexibility index (Phi) is 6.68. The molecule has 0 atom stereocenters. The first-order valence-electron chi connectivity index (χ1n) is 9.20. The third-order valence-electron chi connectivity index (χ3n) is 4.20. The number of sulfonamides is 1. The second kappa shape index (κ2) is 9.27. The number of rotatable bonds is 7. The molecule has 0 aliphatic carbocycles. The summed E-state index contributed by atoms with van der Waals surface area (Å²) in [6.45, 7) is 1.27. The number of ether oxygens (including phenoxy) is 1. The van der Waals surface area contributed by atoms with Crippen molar-refractivity contribution in [3.05, 3.63) is 78.6 Å². The monoisotopic (exact) mass is 465 g/mol. The minimum absolute atomic E-state index is 0.0953. The molecule has 0 saturated carbocycles. The molecule has 11 heteroatoms. The van der Waals surface area contributed by atoms with Crippen molar-refractivity contribution in [1.82, 2.24) is 4.98 Å². The molecule has 1 aromatic heterocycles. The summed E-state index contributed by atoms with van der Waals surface area (Å²) in [4.78, 5) is 16.3. The molecule has 2 aromatic carbocycles. The van der Waals surface area contributed by atoms with E-state index in [1.54, 1.807) is 24.3 Å². The maximum Gasteiger partial charge on any atom is 0.573 e. The molecule has 3 rings (SSSR count). The summed E-state index contributed by atoms with van der Waals surface area (Å²) < 4.78 is 67.9. The molecule has 0 unspecified atom stereocenters. The van der Waals surface area contributed by atoms with Crippen LogP contribution in [0, 0.1) is 6.92 Å². The van der Waals surface area contributed by atoms with Gasteiger partial charge in [0.05, 0.1) is 5.69 Å². The number of nitrogens with zero attached hydrogens (tertiary/aromatic N) is 2. The van der Waals surface area contributed by atoms with Crippen molar-refractivity contribution in [2.24, 2.45) is 0 Å². The van der Waals surface area contributed by atoms with Crippen LogP contribution >= 0.6 is 0 Å². The number of aryl methyl sites for hydroxylation is 1. The number of carbonyl (C=O) groups is 1. The molecule has 7 nitrogen and oxygen atoms in total. The fourth-order valence-electron chi connectivity index (χ4n) is 2.72. The van der Waals surface area contributed by atoms with E-state index in [2.05, 4.69) is 15.0 Å². The molecular weight excluding hydrogens is 447 g/mol. The van der Waals surface area contributed by atoms with E-state index in [1.165, 1.54) is 36.7 Å². The molecule has 32 heavy (non-hydrogen) atoms. The summed E-state index contributed by atoms with van der Waals surface area (Å²) in [6.07, 6.45) is -2.23. The second-order valence-corrected chi connectivity index (χ2v) is 8.52. The Bertz CT molecular complexity index is 1170. The predicted molar refractivity (Wildman–Crippen MR) is 112 cm³/mol. The number of pyridine rings is 1. The van der Waals surface area contributed by atoms with Gasteiger partial charge in [-0.1, -0.05) is 17.7 Å². The summed E-state index contributed by atoms with van der Waals surface area (Å²) in [5.74, 6) is -1.14. The van der Waals surface area contributed by atoms with Crippen LogP contribution in [0.3, 0.4) is 0 Å². The molecule has 3 aromatic rings. The van der Waals surface area contributed by atoms with Gasteiger partial charge in [0, 0.05) is 18.1 Å². The summed E-state index contributed by atoms with van der Waals surface area (Å²) in [5.41, 5.74) is 1.34. The molecular formula is C21H18F3N3O4S. The second-order valence-electron chi connectivity index (χ2n) is 6.66. The van der Waals surface area contributed by atoms with Crippen molar-refractivity contribution in [3.8, 4) is 5.75 Å². The molecule has 1 amide bonds. The molecule has 0 bridgehead atoms. The van der Waals surface area contributed by atoms with Crippen LogP contribution in [0.2, 0.25) is 0 Å². The molecule has 0 fully saturated rings. The molecule has 0 aliphatic rings. The van der Waals surface area contributed by atoms with Gasteiger partial charge in [0.1, 0.15) is 17.2 Å². The van der Waals surface area contributed by atoms with E-state index >= 15 is 0 Å². The van der Waals surface area contributed by atoms with Crippen LogP contribution in [0.5, 0.6) is 5.75 Å². The third-order valence-corrected chi connectivity index (χ3v) is 5.96. The zero-order valence-corrected chi connectivity index (χ0v) is 17.5. The standard InChI is InChI=1S/C21H18F3N3O4S/c1-15-4-8-17(9-5-15)27(32(29,30)19-3-2-12-25-13-19)14-20(28)26-16-6-10-18(11-7-16)31-21(22,23)24/h2-13H,14H2,1H3,(H,26,28). The highest BCUT2D eigenvalue weighted by Crippen LogP contribution is 2.25. The van der Waals surface area contributed by atoms with Gasteiger partial charge in [-0.3, -0.25) is 14.1 Å². The smallest absolute Gasteiger partial charge is 0.406 e. The summed E-state index contributed by atoms with van der Waals surface area (Å²) >= 11 is 0. The number of alkyl halides is 3. The summed E-state index contributed by atoms with van der Waals surface area (Å²) in [7, 11) is -4.12. The first-order chi connectivity index (χ1) is 15.0. The zero-order chi connectivity index (χ0) is 23.4. The fraction of sp³-hybridized carbons (Fsp3) is 0.143. The molecule has 0 aliphatic heterocycles. The number of hydrogen-bond donors (Lipinski definition) is 1. The number of carbonyl (C=O) groups excluding carboxylic acids is 1.